The molecule has 20 heavy (non-hydrogen) atoms. The van der Waals surface area contributed by atoms with Crippen molar-refractivity contribution in [2.75, 3.05) is 6.61 Å². The van der Waals surface area contributed by atoms with Crippen molar-refractivity contribution >= 4 is 0 Å². The average molecular weight is 272 g/mol. The lowest BCUT2D eigenvalue weighted by molar-refractivity contribution is 0.129. The van der Waals surface area contributed by atoms with Gasteiger partial charge in [-0.25, -0.2) is 0 Å². The molecular formula is C18H24O2. The molecule has 2 heteroatoms. The first kappa shape index (κ1) is 14.9. The zero-order valence-electron chi connectivity index (χ0n) is 12.5. The average Bonchev–Trinajstić information content (AvgIpc) is 2.42. The van der Waals surface area contributed by atoms with Crippen LogP contribution in [0.5, 0.6) is 5.75 Å². The first-order valence-corrected chi connectivity index (χ1v) is 7.56. The maximum atomic E-state index is 8.82. The highest BCUT2D eigenvalue weighted by molar-refractivity contribution is 5.48. The van der Waals surface area contributed by atoms with Crippen LogP contribution in [0.3, 0.4) is 0 Å². The third-order valence-electron chi connectivity index (χ3n) is 3.78. The lowest BCUT2D eigenvalue weighted by atomic mass is 9.88. The molecule has 2 nitrogen and oxygen atoms in total. The van der Waals surface area contributed by atoms with Gasteiger partial charge in [0.05, 0.1) is 18.3 Å². The largest absolute Gasteiger partial charge is 0.489 e. The molecule has 0 amide bonds. The summed E-state index contributed by atoms with van der Waals surface area (Å²) < 4.78 is 6.18. The lowest BCUT2D eigenvalue weighted by Crippen LogP contribution is -2.24. The second-order valence-electron chi connectivity index (χ2n) is 5.79. The van der Waals surface area contributed by atoms with Gasteiger partial charge in [0, 0.05) is 6.42 Å². The van der Waals surface area contributed by atoms with E-state index in [-0.39, 0.29) is 6.61 Å². The highest BCUT2D eigenvalue weighted by atomic mass is 16.5. The predicted octanol–water partition coefficient (Wildman–Crippen LogP) is 3.69. The molecule has 108 valence electrons. The molecule has 1 aliphatic carbocycles. The molecule has 1 aromatic rings. The first-order chi connectivity index (χ1) is 9.69. The zero-order chi connectivity index (χ0) is 14.4. The highest BCUT2D eigenvalue weighted by Crippen LogP contribution is 2.29. The highest BCUT2D eigenvalue weighted by Gasteiger charge is 2.20. The Morgan fingerprint density at radius 1 is 1.35 bits per heavy atom. The van der Waals surface area contributed by atoms with Gasteiger partial charge < -0.3 is 9.84 Å². The topological polar surface area (TPSA) is 29.5 Å². The molecule has 0 spiro atoms. The van der Waals surface area contributed by atoms with Gasteiger partial charge in [-0.1, -0.05) is 31.3 Å². The first-order valence-electron chi connectivity index (χ1n) is 7.56. The van der Waals surface area contributed by atoms with Crippen LogP contribution in [0.1, 0.15) is 50.2 Å². The second kappa shape index (κ2) is 7.36. The van der Waals surface area contributed by atoms with Crippen LogP contribution < -0.4 is 4.74 Å². The minimum atomic E-state index is 0.106. The molecule has 1 saturated carbocycles. The Bertz CT molecular complexity index is 496. The molecule has 2 unspecified atom stereocenters. The quantitative estimate of drug-likeness (QED) is 0.850. The van der Waals surface area contributed by atoms with E-state index in [1.807, 2.05) is 6.07 Å². The van der Waals surface area contributed by atoms with Crippen LogP contribution in [0.2, 0.25) is 0 Å². The molecule has 1 aromatic carbocycles. The molecule has 1 N–H and O–H groups in total. The third kappa shape index (κ3) is 4.28. The van der Waals surface area contributed by atoms with Gasteiger partial charge in [0.25, 0.3) is 0 Å². The molecule has 1 fully saturated rings. The van der Waals surface area contributed by atoms with Crippen molar-refractivity contribution in [1.29, 1.82) is 0 Å². The number of benzene rings is 1. The van der Waals surface area contributed by atoms with Gasteiger partial charge in [-0.3, -0.25) is 0 Å². The van der Waals surface area contributed by atoms with Gasteiger partial charge in [0.2, 0.25) is 0 Å². The molecule has 0 bridgehead atoms. The van der Waals surface area contributed by atoms with Crippen LogP contribution in [0, 0.1) is 24.7 Å². The van der Waals surface area contributed by atoms with Crippen LogP contribution in [-0.2, 0) is 0 Å². The summed E-state index contributed by atoms with van der Waals surface area (Å²) in [6.45, 7) is 4.46. The molecule has 0 aliphatic heterocycles. The van der Waals surface area contributed by atoms with E-state index in [4.69, 9.17) is 9.84 Å². The van der Waals surface area contributed by atoms with Gasteiger partial charge in [-0.05, 0) is 49.8 Å². The maximum Gasteiger partial charge on any atom is 0.135 e. The molecular weight excluding hydrogens is 248 g/mol. The van der Waals surface area contributed by atoms with Gasteiger partial charge in [-0.15, -0.1) is 0 Å². The fourth-order valence-corrected chi connectivity index (χ4v) is 2.72. The van der Waals surface area contributed by atoms with Crippen molar-refractivity contribution in [1.82, 2.24) is 0 Å². The standard InChI is InChI=1S/C18H24O2/c1-14-6-5-8-17(13-14)20-18-10-9-15(2)12-16(18)7-3-4-11-19/h9-10,12,14,17,19H,4-6,8,11,13H2,1-2H3. The van der Waals surface area contributed by atoms with Crippen LogP contribution in [0.4, 0.5) is 0 Å². The molecule has 0 saturated heterocycles. The van der Waals surface area contributed by atoms with E-state index in [0.29, 0.717) is 12.5 Å². The van der Waals surface area contributed by atoms with Crippen molar-refractivity contribution in [2.24, 2.45) is 5.92 Å². The van der Waals surface area contributed by atoms with E-state index >= 15 is 0 Å². The summed E-state index contributed by atoms with van der Waals surface area (Å²) in [6.07, 6.45) is 5.67. The van der Waals surface area contributed by atoms with E-state index < -0.39 is 0 Å². The fourth-order valence-electron chi connectivity index (χ4n) is 2.72. The minimum Gasteiger partial charge on any atom is -0.489 e. The van der Waals surface area contributed by atoms with Gasteiger partial charge in [0.15, 0.2) is 0 Å². The lowest BCUT2D eigenvalue weighted by Gasteiger charge is -2.27. The molecule has 1 aliphatic rings. The third-order valence-corrected chi connectivity index (χ3v) is 3.78. The van der Waals surface area contributed by atoms with E-state index in [1.54, 1.807) is 0 Å². The van der Waals surface area contributed by atoms with E-state index in [2.05, 4.69) is 37.8 Å². The summed E-state index contributed by atoms with van der Waals surface area (Å²) in [5.41, 5.74) is 2.12. The van der Waals surface area contributed by atoms with Crippen LogP contribution in [0.25, 0.3) is 0 Å². The Hall–Kier alpha value is -1.46. The van der Waals surface area contributed by atoms with Crippen LogP contribution in [0.15, 0.2) is 18.2 Å². The van der Waals surface area contributed by atoms with Crippen LogP contribution >= 0.6 is 0 Å². The van der Waals surface area contributed by atoms with Crippen molar-refractivity contribution in [2.45, 2.75) is 52.1 Å². The number of ether oxygens (including phenoxy) is 1. The molecule has 2 atom stereocenters. The Labute approximate surface area is 122 Å². The molecule has 0 radical (unpaired) electrons. The number of aliphatic hydroxyl groups is 1. The SMILES string of the molecule is Cc1ccc(OC2CCCC(C)C2)c(C#CCCO)c1. The molecule has 0 heterocycles. The Morgan fingerprint density at radius 3 is 2.95 bits per heavy atom. The van der Waals surface area contributed by atoms with Gasteiger partial charge >= 0.3 is 0 Å². The monoisotopic (exact) mass is 272 g/mol. The summed E-state index contributed by atoms with van der Waals surface area (Å²) in [6, 6.07) is 6.16. The van der Waals surface area contributed by atoms with E-state index in [0.717, 1.165) is 30.1 Å². The van der Waals surface area contributed by atoms with E-state index in [1.165, 1.54) is 18.4 Å². The fraction of sp³-hybridized carbons (Fsp3) is 0.556. The summed E-state index contributed by atoms with van der Waals surface area (Å²) >= 11 is 0. The summed E-state index contributed by atoms with van der Waals surface area (Å²) in [7, 11) is 0. The number of rotatable bonds is 3. The summed E-state index contributed by atoms with van der Waals surface area (Å²) in [5, 5.41) is 8.82. The van der Waals surface area contributed by atoms with Crippen LogP contribution in [-0.4, -0.2) is 17.8 Å². The smallest absolute Gasteiger partial charge is 0.135 e. The summed E-state index contributed by atoms with van der Waals surface area (Å²) in [5.74, 6) is 7.75. The Kier molecular flexibility index (Phi) is 5.49. The zero-order valence-corrected chi connectivity index (χ0v) is 12.5. The molecule has 2 rings (SSSR count). The molecule has 0 aromatic heterocycles. The van der Waals surface area contributed by atoms with Crippen molar-refractivity contribution in [3.05, 3.63) is 29.3 Å². The number of aliphatic hydroxyl groups excluding tert-OH is 1. The van der Waals surface area contributed by atoms with Gasteiger partial charge in [-0.2, -0.15) is 0 Å². The minimum absolute atomic E-state index is 0.106. The number of hydrogen-bond acceptors (Lipinski definition) is 2. The van der Waals surface area contributed by atoms with Crippen molar-refractivity contribution in [3.8, 4) is 17.6 Å². The Balaban J connectivity index is 2.12. The number of aryl methyl sites for hydroxylation is 1. The second-order valence-corrected chi connectivity index (χ2v) is 5.79. The normalized spacial score (nSPS) is 21.9. The maximum absolute atomic E-state index is 8.82. The Morgan fingerprint density at radius 2 is 2.20 bits per heavy atom. The van der Waals surface area contributed by atoms with Crippen molar-refractivity contribution in [3.63, 3.8) is 0 Å². The number of hydrogen-bond donors (Lipinski definition) is 1. The predicted molar refractivity (Wildman–Crippen MR) is 81.8 cm³/mol. The summed E-state index contributed by atoms with van der Waals surface area (Å²) in [4.78, 5) is 0. The van der Waals surface area contributed by atoms with Crippen molar-refractivity contribution < 1.29 is 9.84 Å². The van der Waals surface area contributed by atoms with E-state index in [9.17, 15) is 0 Å². The van der Waals surface area contributed by atoms with Gasteiger partial charge in [0.1, 0.15) is 5.75 Å².